The molecule has 0 unspecified atom stereocenters. The van der Waals surface area contributed by atoms with Crippen molar-refractivity contribution >= 4 is 22.9 Å². The number of imidazole rings is 1. The highest BCUT2D eigenvalue weighted by Crippen LogP contribution is 2.27. The van der Waals surface area contributed by atoms with Gasteiger partial charge in [-0.3, -0.25) is 4.79 Å². The maximum Gasteiger partial charge on any atom is 0.240 e. The molecule has 6 heteroatoms. The zero-order valence-corrected chi connectivity index (χ0v) is 12.1. The zero-order chi connectivity index (χ0) is 14.8. The number of ether oxygens (including phenoxy) is 1. The van der Waals surface area contributed by atoms with E-state index in [0.29, 0.717) is 29.9 Å². The Kier molecular flexibility index (Phi) is 3.68. The van der Waals surface area contributed by atoms with Crippen molar-refractivity contribution in [2.24, 2.45) is 0 Å². The number of aromatic nitrogens is 2. The maximum absolute atomic E-state index is 12.0. The summed E-state index contributed by atoms with van der Waals surface area (Å²) in [4.78, 5) is 16.3. The molecule has 6 nitrogen and oxygen atoms in total. The van der Waals surface area contributed by atoms with Crippen LogP contribution in [0.4, 0.5) is 5.95 Å². The SMILES string of the molecule is CCCOc1cccc2c1nc(N)n2CC(=O)NC1CC1. The van der Waals surface area contributed by atoms with Crippen molar-refractivity contribution in [1.29, 1.82) is 0 Å². The van der Waals surface area contributed by atoms with E-state index >= 15 is 0 Å². The molecule has 1 aromatic heterocycles. The van der Waals surface area contributed by atoms with Crippen LogP contribution in [0.1, 0.15) is 26.2 Å². The number of hydrogen-bond donors (Lipinski definition) is 2. The molecule has 1 aliphatic carbocycles. The van der Waals surface area contributed by atoms with Crippen molar-refractivity contribution in [2.45, 2.75) is 38.8 Å². The second-order valence-electron chi connectivity index (χ2n) is 5.37. The van der Waals surface area contributed by atoms with Crippen LogP contribution in [0.2, 0.25) is 0 Å². The molecular weight excluding hydrogens is 268 g/mol. The second kappa shape index (κ2) is 5.63. The number of nitrogens with one attached hydrogen (secondary N) is 1. The minimum absolute atomic E-state index is 0.0246. The number of nitrogens with zero attached hydrogens (tertiary/aromatic N) is 2. The van der Waals surface area contributed by atoms with E-state index in [1.54, 1.807) is 4.57 Å². The third kappa shape index (κ3) is 2.94. The minimum Gasteiger partial charge on any atom is -0.491 e. The topological polar surface area (TPSA) is 82.2 Å². The number of para-hydroxylation sites is 1. The number of nitrogen functional groups attached to an aromatic ring is 1. The summed E-state index contributed by atoms with van der Waals surface area (Å²) < 4.78 is 7.41. The average molecular weight is 288 g/mol. The smallest absolute Gasteiger partial charge is 0.240 e. The number of amides is 1. The summed E-state index contributed by atoms with van der Waals surface area (Å²) in [5.74, 6) is 1.02. The van der Waals surface area contributed by atoms with E-state index in [9.17, 15) is 4.79 Å². The van der Waals surface area contributed by atoms with Crippen LogP contribution in [-0.2, 0) is 11.3 Å². The predicted octanol–water partition coefficient (Wildman–Crippen LogP) is 1.69. The molecule has 0 saturated heterocycles. The predicted molar refractivity (Wildman–Crippen MR) is 81.1 cm³/mol. The number of anilines is 1. The van der Waals surface area contributed by atoms with E-state index in [1.165, 1.54) is 0 Å². The Morgan fingerprint density at radius 2 is 2.33 bits per heavy atom. The quantitative estimate of drug-likeness (QED) is 0.847. The van der Waals surface area contributed by atoms with E-state index < -0.39 is 0 Å². The number of fused-ring (bicyclic) bond motifs is 1. The van der Waals surface area contributed by atoms with Gasteiger partial charge < -0.3 is 20.4 Å². The first kappa shape index (κ1) is 13.7. The summed E-state index contributed by atoms with van der Waals surface area (Å²) in [6, 6.07) is 6.02. The van der Waals surface area contributed by atoms with Crippen LogP contribution < -0.4 is 15.8 Å². The fourth-order valence-electron chi connectivity index (χ4n) is 2.28. The standard InChI is InChI=1S/C15H20N4O2/c1-2-8-21-12-5-3-4-11-14(12)18-15(16)19(11)9-13(20)17-10-6-7-10/h3-5,10H,2,6-9H2,1H3,(H2,16,18)(H,17,20). The van der Waals surface area contributed by atoms with Crippen molar-refractivity contribution in [1.82, 2.24) is 14.9 Å². The molecule has 3 rings (SSSR count). The summed E-state index contributed by atoms with van der Waals surface area (Å²) in [6.45, 7) is 2.87. The van der Waals surface area contributed by atoms with Crippen molar-refractivity contribution in [3.8, 4) is 5.75 Å². The van der Waals surface area contributed by atoms with Crippen molar-refractivity contribution in [3.05, 3.63) is 18.2 Å². The van der Waals surface area contributed by atoms with Gasteiger partial charge in [0.15, 0.2) is 0 Å². The monoisotopic (exact) mass is 288 g/mol. The lowest BCUT2D eigenvalue weighted by Crippen LogP contribution is -2.29. The summed E-state index contributed by atoms with van der Waals surface area (Å²) in [7, 11) is 0. The number of nitrogens with two attached hydrogens (primary N) is 1. The van der Waals surface area contributed by atoms with E-state index in [2.05, 4.69) is 17.2 Å². The molecule has 1 aromatic carbocycles. The summed E-state index contributed by atoms with van der Waals surface area (Å²) in [5.41, 5.74) is 7.50. The van der Waals surface area contributed by atoms with E-state index in [0.717, 1.165) is 24.8 Å². The van der Waals surface area contributed by atoms with Gasteiger partial charge in [0.2, 0.25) is 11.9 Å². The summed E-state index contributed by atoms with van der Waals surface area (Å²) in [5, 5.41) is 2.96. The van der Waals surface area contributed by atoms with Gasteiger partial charge in [0, 0.05) is 6.04 Å². The first-order valence-corrected chi connectivity index (χ1v) is 7.36. The molecule has 0 spiro atoms. The lowest BCUT2D eigenvalue weighted by Gasteiger charge is -2.08. The molecule has 1 fully saturated rings. The third-order valence-corrected chi connectivity index (χ3v) is 3.48. The van der Waals surface area contributed by atoms with Gasteiger partial charge in [-0.25, -0.2) is 4.98 Å². The molecule has 1 amide bonds. The molecule has 112 valence electrons. The molecule has 0 bridgehead atoms. The number of rotatable bonds is 6. The van der Waals surface area contributed by atoms with E-state index in [1.807, 2.05) is 18.2 Å². The van der Waals surface area contributed by atoms with Crippen LogP contribution in [0, 0.1) is 0 Å². The Hall–Kier alpha value is -2.24. The summed E-state index contributed by atoms with van der Waals surface area (Å²) >= 11 is 0. The Balaban J connectivity index is 1.87. The highest BCUT2D eigenvalue weighted by Gasteiger charge is 2.24. The van der Waals surface area contributed by atoms with Gasteiger partial charge in [-0.05, 0) is 31.4 Å². The van der Waals surface area contributed by atoms with Gasteiger partial charge in [-0.2, -0.15) is 0 Å². The highest BCUT2D eigenvalue weighted by molar-refractivity contribution is 5.86. The molecule has 1 aliphatic rings. The number of benzene rings is 1. The third-order valence-electron chi connectivity index (χ3n) is 3.48. The lowest BCUT2D eigenvalue weighted by molar-refractivity contribution is -0.121. The number of carbonyl (C=O) groups is 1. The van der Waals surface area contributed by atoms with Gasteiger partial charge in [-0.1, -0.05) is 13.0 Å². The average Bonchev–Trinajstić information content (AvgIpc) is 3.21. The molecule has 3 N–H and O–H groups in total. The van der Waals surface area contributed by atoms with Crippen molar-refractivity contribution in [3.63, 3.8) is 0 Å². The summed E-state index contributed by atoms with van der Waals surface area (Å²) in [6.07, 6.45) is 3.07. The molecule has 2 aromatic rings. The van der Waals surface area contributed by atoms with Gasteiger partial charge in [0.25, 0.3) is 0 Å². The Morgan fingerprint density at radius 1 is 1.52 bits per heavy atom. The van der Waals surface area contributed by atoms with Crippen LogP contribution in [0.25, 0.3) is 11.0 Å². The fraction of sp³-hybridized carbons (Fsp3) is 0.467. The largest absolute Gasteiger partial charge is 0.491 e. The van der Waals surface area contributed by atoms with Gasteiger partial charge in [0.1, 0.15) is 17.8 Å². The first-order valence-electron chi connectivity index (χ1n) is 7.36. The molecular formula is C15H20N4O2. The highest BCUT2D eigenvalue weighted by atomic mass is 16.5. The van der Waals surface area contributed by atoms with E-state index in [4.69, 9.17) is 10.5 Å². The molecule has 1 saturated carbocycles. The number of carbonyl (C=O) groups excluding carboxylic acids is 1. The Labute approximate surface area is 123 Å². The molecule has 0 radical (unpaired) electrons. The Bertz CT molecular complexity index is 661. The normalized spacial score (nSPS) is 14.3. The van der Waals surface area contributed by atoms with Gasteiger partial charge in [0.05, 0.1) is 12.1 Å². The van der Waals surface area contributed by atoms with Crippen LogP contribution >= 0.6 is 0 Å². The molecule has 21 heavy (non-hydrogen) atoms. The second-order valence-corrected chi connectivity index (χ2v) is 5.37. The molecule has 0 aliphatic heterocycles. The number of hydrogen-bond acceptors (Lipinski definition) is 4. The molecule has 0 atom stereocenters. The van der Waals surface area contributed by atoms with Gasteiger partial charge in [-0.15, -0.1) is 0 Å². The fourth-order valence-corrected chi connectivity index (χ4v) is 2.28. The van der Waals surface area contributed by atoms with Crippen LogP contribution in [0.15, 0.2) is 18.2 Å². The van der Waals surface area contributed by atoms with E-state index in [-0.39, 0.29) is 12.5 Å². The van der Waals surface area contributed by atoms with Gasteiger partial charge >= 0.3 is 0 Å². The van der Waals surface area contributed by atoms with Crippen LogP contribution in [0.5, 0.6) is 5.75 Å². The maximum atomic E-state index is 12.0. The zero-order valence-electron chi connectivity index (χ0n) is 12.1. The van der Waals surface area contributed by atoms with Crippen LogP contribution in [-0.4, -0.2) is 28.1 Å². The molecule has 1 heterocycles. The van der Waals surface area contributed by atoms with Crippen molar-refractivity contribution < 1.29 is 9.53 Å². The first-order chi connectivity index (χ1) is 10.2. The minimum atomic E-state index is -0.0246. The Morgan fingerprint density at radius 3 is 3.05 bits per heavy atom. The van der Waals surface area contributed by atoms with Crippen LogP contribution in [0.3, 0.4) is 0 Å². The van der Waals surface area contributed by atoms with Crippen molar-refractivity contribution in [2.75, 3.05) is 12.3 Å². The lowest BCUT2D eigenvalue weighted by atomic mass is 10.3.